The molecule has 1 N–H and O–H groups in total. The molecule has 25 heavy (non-hydrogen) atoms. The summed E-state index contributed by atoms with van der Waals surface area (Å²) in [6.07, 6.45) is 2.17. The van der Waals surface area contributed by atoms with Gasteiger partial charge in [0.25, 0.3) is 5.91 Å². The van der Waals surface area contributed by atoms with Crippen molar-refractivity contribution in [1.82, 2.24) is 15.1 Å². The third kappa shape index (κ3) is 3.07. The maximum absolute atomic E-state index is 12.7. The van der Waals surface area contributed by atoms with Crippen molar-refractivity contribution in [3.05, 3.63) is 23.7 Å². The minimum Gasteiger partial charge on any atom is -0.467 e. The molecule has 1 aromatic heterocycles. The van der Waals surface area contributed by atoms with Gasteiger partial charge in [-0.3, -0.25) is 24.6 Å². The fourth-order valence-corrected chi connectivity index (χ4v) is 3.80. The molecule has 3 amide bonds. The number of rotatable bonds is 3. The highest BCUT2D eigenvalue weighted by Crippen LogP contribution is 2.38. The maximum Gasteiger partial charge on any atom is 0.257 e. The van der Waals surface area contributed by atoms with E-state index in [0.29, 0.717) is 38.3 Å². The Bertz CT molecular complexity index is 709. The molecule has 0 aromatic carbocycles. The first kappa shape index (κ1) is 16.3. The van der Waals surface area contributed by atoms with Gasteiger partial charge in [0.2, 0.25) is 11.8 Å². The van der Waals surface area contributed by atoms with Crippen LogP contribution in [-0.4, -0.2) is 66.9 Å². The second kappa shape index (κ2) is 6.27. The van der Waals surface area contributed by atoms with E-state index in [4.69, 9.17) is 9.15 Å². The normalized spacial score (nSPS) is 27.3. The average molecular weight is 347 g/mol. The van der Waals surface area contributed by atoms with Gasteiger partial charge in [0.1, 0.15) is 12.0 Å². The number of carbonyl (C=O) groups excluding carboxylic acids is 3. The molecule has 4 heterocycles. The first-order valence-corrected chi connectivity index (χ1v) is 8.57. The predicted octanol–water partition coefficient (Wildman–Crippen LogP) is -0.00940. The van der Waals surface area contributed by atoms with Gasteiger partial charge in [-0.25, -0.2) is 0 Å². The molecule has 134 valence electrons. The maximum atomic E-state index is 12.7. The Morgan fingerprint density at radius 2 is 2.04 bits per heavy atom. The molecule has 0 aliphatic carbocycles. The molecule has 3 saturated heterocycles. The average Bonchev–Trinajstić information content (AvgIpc) is 3.29. The van der Waals surface area contributed by atoms with E-state index in [1.54, 1.807) is 11.0 Å². The van der Waals surface area contributed by atoms with Crippen LogP contribution in [0.5, 0.6) is 0 Å². The number of nitrogens with one attached hydrogen (secondary N) is 1. The van der Waals surface area contributed by atoms with Crippen LogP contribution in [0.3, 0.4) is 0 Å². The van der Waals surface area contributed by atoms with Crippen molar-refractivity contribution < 1.29 is 23.5 Å². The quantitative estimate of drug-likeness (QED) is 0.774. The van der Waals surface area contributed by atoms with Gasteiger partial charge in [0, 0.05) is 32.6 Å². The molecule has 0 radical (unpaired) electrons. The van der Waals surface area contributed by atoms with Crippen molar-refractivity contribution in [2.45, 2.75) is 19.4 Å². The molecular formula is C17H21N3O5. The Morgan fingerprint density at radius 3 is 2.76 bits per heavy atom. The Balaban J connectivity index is 1.40. The van der Waals surface area contributed by atoms with E-state index in [1.807, 2.05) is 0 Å². The number of imide groups is 1. The van der Waals surface area contributed by atoms with Gasteiger partial charge in [0.15, 0.2) is 0 Å². The number of likely N-dealkylation sites (tertiary alicyclic amines) is 1. The topological polar surface area (TPSA) is 92.1 Å². The number of furan rings is 1. The lowest BCUT2D eigenvalue weighted by atomic mass is 9.85. The van der Waals surface area contributed by atoms with E-state index in [-0.39, 0.29) is 30.7 Å². The van der Waals surface area contributed by atoms with Gasteiger partial charge in [-0.15, -0.1) is 0 Å². The van der Waals surface area contributed by atoms with Crippen LogP contribution in [0.15, 0.2) is 16.7 Å². The van der Waals surface area contributed by atoms with Crippen molar-refractivity contribution in [3.63, 3.8) is 0 Å². The van der Waals surface area contributed by atoms with Crippen molar-refractivity contribution >= 4 is 17.7 Å². The summed E-state index contributed by atoms with van der Waals surface area (Å²) in [6.45, 7) is 4.53. The summed E-state index contributed by atoms with van der Waals surface area (Å²) in [6, 6.07) is 1.77. The Labute approximate surface area is 145 Å². The summed E-state index contributed by atoms with van der Waals surface area (Å²) in [5.41, 5.74) is -0.252. The number of ether oxygens (including phenoxy) is 1. The molecule has 0 saturated carbocycles. The van der Waals surface area contributed by atoms with E-state index in [0.717, 1.165) is 18.8 Å². The Kier molecular flexibility index (Phi) is 4.09. The number of carbonyl (C=O) groups is 3. The van der Waals surface area contributed by atoms with Crippen LogP contribution in [0.25, 0.3) is 0 Å². The van der Waals surface area contributed by atoms with Crippen molar-refractivity contribution in [1.29, 1.82) is 0 Å². The number of amides is 3. The highest BCUT2D eigenvalue weighted by molar-refractivity contribution is 6.06. The van der Waals surface area contributed by atoms with Crippen LogP contribution < -0.4 is 5.32 Å². The molecule has 1 spiro atoms. The molecule has 8 nitrogen and oxygen atoms in total. The molecular weight excluding hydrogens is 326 g/mol. The van der Waals surface area contributed by atoms with Crippen LogP contribution in [-0.2, 0) is 20.9 Å². The largest absolute Gasteiger partial charge is 0.467 e. The molecule has 4 rings (SSSR count). The van der Waals surface area contributed by atoms with Crippen molar-refractivity contribution in [2.24, 2.45) is 5.41 Å². The third-order valence-electron chi connectivity index (χ3n) is 5.26. The van der Waals surface area contributed by atoms with Gasteiger partial charge in [0.05, 0.1) is 30.7 Å². The number of hydrogen-bond donors (Lipinski definition) is 1. The van der Waals surface area contributed by atoms with Crippen LogP contribution in [0.1, 0.15) is 29.0 Å². The number of nitrogens with zero attached hydrogens (tertiary/aromatic N) is 2. The summed E-state index contributed by atoms with van der Waals surface area (Å²) in [7, 11) is 0. The summed E-state index contributed by atoms with van der Waals surface area (Å²) < 4.78 is 10.9. The second-order valence-corrected chi connectivity index (χ2v) is 7.00. The van der Waals surface area contributed by atoms with E-state index >= 15 is 0 Å². The Morgan fingerprint density at radius 1 is 1.24 bits per heavy atom. The molecule has 3 fully saturated rings. The zero-order chi connectivity index (χ0) is 17.4. The third-order valence-corrected chi connectivity index (χ3v) is 5.26. The van der Waals surface area contributed by atoms with Crippen molar-refractivity contribution in [3.8, 4) is 0 Å². The van der Waals surface area contributed by atoms with Crippen LogP contribution >= 0.6 is 0 Å². The summed E-state index contributed by atoms with van der Waals surface area (Å²) in [5, 5.41) is 2.35. The lowest BCUT2D eigenvalue weighted by Crippen LogP contribution is -2.36. The van der Waals surface area contributed by atoms with Crippen LogP contribution in [0, 0.1) is 5.41 Å². The smallest absolute Gasteiger partial charge is 0.257 e. The molecule has 3 aliphatic heterocycles. The minimum atomic E-state index is -0.743. The van der Waals surface area contributed by atoms with Crippen LogP contribution in [0.4, 0.5) is 0 Å². The fraction of sp³-hybridized carbons (Fsp3) is 0.588. The van der Waals surface area contributed by atoms with Gasteiger partial charge in [-0.1, -0.05) is 0 Å². The van der Waals surface area contributed by atoms with E-state index in [1.165, 1.54) is 6.26 Å². The van der Waals surface area contributed by atoms with E-state index in [2.05, 4.69) is 10.2 Å². The predicted molar refractivity (Wildman–Crippen MR) is 85.5 cm³/mol. The minimum absolute atomic E-state index is 0.152. The van der Waals surface area contributed by atoms with E-state index < -0.39 is 5.41 Å². The second-order valence-electron chi connectivity index (χ2n) is 7.00. The molecule has 1 atom stereocenters. The highest BCUT2D eigenvalue weighted by Gasteiger charge is 2.51. The van der Waals surface area contributed by atoms with Gasteiger partial charge in [-0.05, 0) is 12.5 Å². The first-order valence-electron chi connectivity index (χ1n) is 8.57. The number of morpholine rings is 1. The standard InChI is InChI=1S/C17H21N3O5/c21-14-8-17(16(23)18-14)1-2-20(11-17)15(22)12-7-13(25-10-12)9-19-3-5-24-6-4-19/h7,10H,1-6,8-9,11H2,(H,18,21,23)/t17-/m0/s1. The molecule has 1 aromatic rings. The first-order chi connectivity index (χ1) is 12.1. The Hall–Kier alpha value is -2.19. The fourth-order valence-electron chi connectivity index (χ4n) is 3.80. The van der Waals surface area contributed by atoms with Gasteiger partial charge < -0.3 is 14.1 Å². The van der Waals surface area contributed by atoms with Gasteiger partial charge >= 0.3 is 0 Å². The SMILES string of the molecule is O=C1C[C@]2(CCN(C(=O)c3coc(CN4CCOCC4)c3)C2)C(=O)N1. The van der Waals surface area contributed by atoms with Crippen molar-refractivity contribution in [2.75, 3.05) is 39.4 Å². The van der Waals surface area contributed by atoms with E-state index in [9.17, 15) is 14.4 Å². The summed E-state index contributed by atoms with van der Waals surface area (Å²) in [5.74, 6) is 0.0809. The molecule has 0 bridgehead atoms. The molecule has 8 heteroatoms. The highest BCUT2D eigenvalue weighted by atomic mass is 16.5. The number of hydrogen-bond acceptors (Lipinski definition) is 6. The van der Waals surface area contributed by atoms with Gasteiger partial charge in [-0.2, -0.15) is 0 Å². The lowest BCUT2D eigenvalue weighted by molar-refractivity contribution is -0.128. The van der Waals surface area contributed by atoms with Crippen LogP contribution in [0.2, 0.25) is 0 Å². The summed E-state index contributed by atoms with van der Waals surface area (Å²) >= 11 is 0. The molecule has 0 unspecified atom stereocenters. The lowest BCUT2D eigenvalue weighted by Gasteiger charge is -2.25. The monoisotopic (exact) mass is 347 g/mol. The zero-order valence-electron chi connectivity index (χ0n) is 14.0. The zero-order valence-corrected chi connectivity index (χ0v) is 14.0. The molecule has 3 aliphatic rings. The summed E-state index contributed by atoms with van der Waals surface area (Å²) in [4.78, 5) is 40.1.